The summed E-state index contributed by atoms with van der Waals surface area (Å²) in [5.74, 6) is -2.48. The van der Waals surface area contributed by atoms with Crippen LogP contribution in [0.4, 0.5) is 8.78 Å². The lowest BCUT2D eigenvalue weighted by Crippen LogP contribution is -2.31. The number of carbonyl (C=O) groups is 1. The Bertz CT molecular complexity index is 1280. The molecular weight excluding hydrogens is 386 g/mol. The minimum Gasteiger partial charge on any atom is -0.333 e. The maximum Gasteiger partial charge on any atom is 0.272 e. The van der Waals surface area contributed by atoms with Crippen LogP contribution >= 0.6 is 11.3 Å². The van der Waals surface area contributed by atoms with E-state index in [0.29, 0.717) is 5.56 Å². The average molecular weight is 400 g/mol. The molecule has 9 heteroatoms. The maximum absolute atomic E-state index is 13.8. The van der Waals surface area contributed by atoms with E-state index in [1.807, 2.05) is 0 Å². The third-order valence-corrected chi connectivity index (χ3v) is 5.53. The number of hydrogen-bond donors (Lipinski definition) is 1. The van der Waals surface area contributed by atoms with E-state index in [-0.39, 0.29) is 22.4 Å². The molecule has 0 aliphatic carbocycles. The molecule has 1 atom stereocenters. The largest absolute Gasteiger partial charge is 0.333 e. The van der Waals surface area contributed by atoms with Crippen molar-refractivity contribution in [3.63, 3.8) is 0 Å². The number of aromatic nitrogens is 3. The van der Waals surface area contributed by atoms with E-state index in [1.54, 1.807) is 37.7 Å². The second-order valence-corrected chi connectivity index (χ2v) is 7.26. The molecule has 2 heterocycles. The van der Waals surface area contributed by atoms with Gasteiger partial charge in [-0.25, -0.2) is 18.9 Å². The predicted molar refractivity (Wildman–Crippen MR) is 102 cm³/mol. The van der Waals surface area contributed by atoms with Crippen LogP contribution in [0.1, 0.15) is 29.0 Å². The van der Waals surface area contributed by atoms with Gasteiger partial charge in [0.05, 0.1) is 32.8 Å². The summed E-state index contributed by atoms with van der Waals surface area (Å²) in [6.07, 6.45) is 0. The van der Waals surface area contributed by atoms with E-state index in [0.717, 1.165) is 22.3 Å². The van der Waals surface area contributed by atoms with Gasteiger partial charge in [-0.15, -0.1) is 11.3 Å². The monoisotopic (exact) mass is 400 g/mol. The van der Waals surface area contributed by atoms with Gasteiger partial charge in [-0.2, -0.15) is 5.10 Å². The van der Waals surface area contributed by atoms with Crippen molar-refractivity contribution in [3.8, 4) is 0 Å². The highest BCUT2D eigenvalue weighted by Crippen LogP contribution is 2.27. The molecule has 1 amide bonds. The van der Waals surface area contributed by atoms with E-state index >= 15 is 0 Å². The Morgan fingerprint density at radius 1 is 1.18 bits per heavy atom. The molecule has 142 valence electrons. The molecular formula is C19H14F2N4O2S. The Morgan fingerprint density at radius 2 is 1.89 bits per heavy atom. The zero-order valence-corrected chi connectivity index (χ0v) is 15.7. The minimum absolute atomic E-state index is 0.0253. The fraction of sp³-hybridized carbons (Fsp3) is 0.158. The van der Waals surface area contributed by atoms with Gasteiger partial charge in [0.15, 0.2) is 11.6 Å². The van der Waals surface area contributed by atoms with Crippen molar-refractivity contribution in [2.45, 2.75) is 13.0 Å². The number of halogens is 2. The number of benzene rings is 2. The second-order valence-electron chi connectivity index (χ2n) is 6.38. The van der Waals surface area contributed by atoms with Crippen LogP contribution in [0.2, 0.25) is 0 Å². The average Bonchev–Trinajstić information content (AvgIpc) is 3.16. The van der Waals surface area contributed by atoms with Gasteiger partial charge in [0.25, 0.3) is 11.5 Å². The lowest BCUT2D eigenvalue weighted by atomic mass is 10.0. The number of hydrogen-bond acceptors (Lipinski definition) is 5. The van der Waals surface area contributed by atoms with Crippen molar-refractivity contribution in [3.05, 3.63) is 69.1 Å². The van der Waals surface area contributed by atoms with Crippen molar-refractivity contribution >= 4 is 38.2 Å². The number of amides is 1. The first kappa shape index (κ1) is 18.2. The summed E-state index contributed by atoms with van der Waals surface area (Å²) >= 11 is 1.43. The molecule has 1 N–H and O–H groups in total. The van der Waals surface area contributed by atoms with Gasteiger partial charge in [-0.1, -0.05) is 0 Å². The normalized spacial score (nSPS) is 12.4. The number of rotatable bonds is 3. The molecule has 0 bridgehead atoms. The highest BCUT2D eigenvalue weighted by atomic mass is 32.1. The van der Waals surface area contributed by atoms with Gasteiger partial charge in [-0.05, 0) is 37.3 Å². The highest BCUT2D eigenvalue weighted by molar-refractivity contribution is 7.16. The van der Waals surface area contributed by atoms with Gasteiger partial charge in [0.2, 0.25) is 0 Å². The van der Waals surface area contributed by atoms with Gasteiger partial charge in [0.1, 0.15) is 0 Å². The first-order chi connectivity index (χ1) is 13.4. The molecule has 0 aliphatic heterocycles. The van der Waals surface area contributed by atoms with Crippen molar-refractivity contribution in [1.82, 2.24) is 20.1 Å². The van der Waals surface area contributed by atoms with Crippen molar-refractivity contribution in [2.75, 3.05) is 7.05 Å². The molecule has 0 radical (unpaired) electrons. The van der Waals surface area contributed by atoms with Crippen LogP contribution in [-0.2, 0) is 0 Å². The summed E-state index contributed by atoms with van der Waals surface area (Å²) in [7, 11) is 1.59. The number of nitrogens with one attached hydrogen (secondary N) is 1. The topological polar surface area (TPSA) is 79.0 Å². The Hall–Kier alpha value is -3.20. The second kappa shape index (κ2) is 6.75. The molecule has 0 fully saturated rings. The number of H-pyrrole nitrogens is 1. The summed E-state index contributed by atoms with van der Waals surface area (Å²) in [6.45, 7) is 1.70. The van der Waals surface area contributed by atoms with Gasteiger partial charge in [-0.3, -0.25) is 9.59 Å². The molecule has 4 aromatic rings. The third kappa shape index (κ3) is 2.93. The van der Waals surface area contributed by atoms with Crippen LogP contribution in [0.3, 0.4) is 0 Å². The SMILES string of the molecule is CC(c1n[nH]c(=O)c2cc(F)c(F)cc12)N(C)C(=O)c1ccc2ncsc2c1. The molecule has 0 aliphatic rings. The van der Waals surface area contributed by atoms with Crippen LogP contribution < -0.4 is 5.56 Å². The van der Waals surface area contributed by atoms with Gasteiger partial charge < -0.3 is 4.90 Å². The molecule has 2 aromatic heterocycles. The summed E-state index contributed by atoms with van der Waals surface area (Å²) in [5, 5.41) is 6.41. The Morgan fingerprint density at radius 3 is 2.64 bits per heavy atom. The van der Waals surface area contributed by atoms with Crippen LogP contribution in [0.25, 0.3) is 21.0 Å². The van der Waals surface area contributed by atoms with Crippen LogP contribution in [-0.4, -0.2) is 33.0 Å². The smallest absolute Gasteiger partial charge is 0.272 e. The molecule has 0 spiro atoms. The molecule has 4 rings (SSSR count). The Balaban J connectivity index is 1.75. The molecule has 0 saturated carbocycles. The van der Waals surface area contributed by atoms with E-state index in [4.69, 9.17) is 0 Å². The van der Waals surface area contributed by atoms with Crippen LogP contribution in [0, 0.1) is 11.6 Å². The maximum atomic E-state index is 13.8. The summed E-state index contributed by atoms with van der Waals surface area (Å²) in [6, 6.07) is 6.37. The number of nitrogens with zero attached hydrogens (tertiary/aromatic N) is 3. The van der Waals surface area contributed by atoms with E-state index in [2.05, 4.69) is 15.2 Å². The Kier molecular flexibility index (Phi) is 4.38. The summed E-state index contributed by atoms with van der Waals surface area (Å²) in [5.41, 5.74) is 2.62. The van der Waals surface area contributed by atoms with E-state index < -0.39 is 23.2 Å². The molecule has 6 nitrogen and oxygen atoms in total. The number of aromatic amines is 1. The molecule has 0 saturated heterocycles. The standard InChI is InChI=1S/C19H14F2N4O2S/c1-9(17-11-6-13(20)14(21)7-12(11)18(26)24-23-17)25(2)19(27)10-3-4-15-16(5-10)28-8-22-15/h3-9H,1-2H3,(H,24,26). The van der Waals surface area contributed by atoms with Crippen molar-refractivity contribution < 1.29 is 13.6 Å². The predicted octanol–water partition coefficient (Wildman–Crippen LogP) is 3.64. The molecule has 28 heavy (non-hydrogen) atoms. The summed E-state index contributed by atoms with van der Waals surface area (Å²) < 4.78 is 28.2. The van der Waals surface area contributed by atoms with Crippen LogP contribution in [0.15, 0.2) is 40.6 Å². The van der Waals surface area contributed by atoms with Crippen molar-refractivity contribution in [1.29, 1.82) is 0 Å². The number of thiazole rings is 1. The van der Waals surface area contributed by atoms with E-state index in [1.165, 1.54) is 16.2 Å². The zero-order chi connectivity index (χ0) is 20.0. The van der Waals surface area contributed by atoms with Crippen molar-refractivity contribution in [2.24, 2.45) is 0 Å². The Labute approximate surface area is 161 Å². The highest BCUT2D eigenvalue weighted by Gasteiger charge is 2.24. The number of fused-ring (bicyclic) bond motifs is 2. The quantitative estimate of drug-likeness (QED) is 0.569. The summed E-state index contributed by atoms with van der Waals surface area (Å²) in [4.78, 5) is 30.5. The molecule has 2 aromatic carbocycles. The van der Waals surface area contributed by atoms with Gasteiger partial charge in [0, 0.05) is 18.0 Å². The zero-order valence-electron chi connectivity index (χ0n) is 14.9. The van der Waals surface area contributed by atoms with E-state index in [9.17, 15) is 18.4 Å². The number of carbonyl (C=O) groups excluding carboxylic acids is 1. The first-order valence-corrected chi connectivity index (χ1v) is 9.22. The van der Waals surface area contributed by atoms with Gasteiger partial charge >= 0.3 is 0 Å². The minimum atomic E-state index is -1.12. The first-order valence-electron chi connectivity index (χ1n) is 8.34. The lowest BCUT2D eigenvalue weighted by Gasteiger charge is -2.25. The van der Waals surface area contributed by atoms with Crippen LogP contribution in [0.5, 0.6) is 0 Å². The fourth-order valence-corrected chi connectivity index (χ4v) is 3.76. The third-order valence-electron chi connectivity index (χ3n) is 4.73. The fourth-order valence-electron chi connectivity index (χ4n) is 3.05. The lowest BCUT2D eigenvalue weighted by molar-refractivity contribution is 0.0740. The molecule has 1 unspecified atom stereocenters.